The summed E-state index contributed by atoms with van der Waals surface area (Å²) in [5, 5.41) is 6.96. The van der Waals surface area contributed by atoms with Crippen LogP contribution in [-0.2, 0) is 0 Å². The minimum atomic E-state index is -0.108. The topological polar surface area (TPSA) is 80.0 Å². The molecule has 1 aromatic heterocycles. The molecule has 2 aromatic rings. The van der Waals surface area contributed by atoms with Gasteiger partial charge in [-0.3, -0.25) is 10.1 Å². The highest BCUT2D eigenvalue weighted by atomic mass is 32.1. The van der Waals surface area contributed by atoms with Crippen molar-refractivity contribution in [1.29, 1.82) is 0 Å². The average molecular weight is 389 g/mol. The lowest BCUT2D eigenvalue weighted by Gasteiger charge is -2.10. The molecule has 148 valence electrons. The minimum absolute atomic E-state index is 0.108. The van der Waals surface area contributed by atoms with Crippen LogP contribution in [0.1, 0.15) is 65.7 Å². The van der Waals surface area contributed by atoms with Crippen LogP contribution < -0.4 is 16.4 Å². The van der Waals surface area contributed by atoms with Crippen molar-refractivity contribution in [2.24, 2.45) is 5.73 Å². The maximum Gasteiger partial charge on any atom is 0.257 e. The molecule has 0 aliphatic rings. The minimum Gasteiger partial charge on any atom is -0.385 e. The third-order valence-corrected chi connectivity index (χ3v) is 5.35. The Hall–Kier alpha value is -1.92. The molecule has 27 heavy (non-hydrogen) atoms. The zero-order chi connectivity index (χ0) is 19.5. The van der Waals surface area contributed by atoms with E-state index in [-0.39, 0.29) is 5.91 Å². The van der Waals surface area contributed by atoms with Crippen molar-refractivity contribution >= 4 is 28.1 Å². The number of anilines is 2. The Morgan fingerprint density at radius 3 is 2.41 bits per heavy atom. The molecule has 0 saturated heterocycles. The summed E-state index contributed by atoms with van der Waals surface area (Å²) >= 11 is 1.48. The first-order valence-corrected chi connectivity index (χ1v) is 10.7. The van der Waals surface area contributed by atoms with E-state index in [4.69, 9.17) is 5.73 Å². The third-order valence-electron chi connectivity index (χ3n) is 4.52. The first kappa shape index (κ1) is 21.4. The summed E-state index contributed by atoms with van der Waals surface area (Å²) in [5.41, 5.74) is 8.22. The number of nitrogens with two attached hydrogens (primary N) is 1. The van der Waals surface area contributed by atoms with Crippen LogP contribution in [0.25, 0.3) is 0 Å². The Morgan fingerprint density at radius 2 is 1.78 bits per heavy atom. The van der Waals surface area contributed by atoms with Gasteiger partial charge in [0.05, 0.1) is 0 Å². The number of carbonyl (C=O) groups is 1. The molecule has 0 atom stereocenters. The molecule has 0 radical (unpaired) electrons. The van der Waals surface area contributed by atoms with Gasteiger partial charge in [-0.05, 0) is 57.0 Å². The van der Waals surface area contributed by atoms with E-state index in [1.807, 2.05) is 32.0 Å². The van der Waals surface area contributed by atoms with Gasteiger partial charge in [0.15, 0.2) is 5.13 Å². The Morgan fingerprint density at radius 1 is 1.07 bits per heavy atom. The molecule has 0 aliphatic carbocycles. The standard InChI is InChI=1S/C21H32N4OS/c1-16-14-18(23-13-9-7-5-3-4-6-8-12-22)10-11-19(16)20(26)25-21-24-15-17(2)27-21/h10-11,14-15,23H,3-9,12-13,22H2,1-2H3,(H,24,25,26). The lowest BCUT2D eigenvalue weighted by atomic mass is 10.1. The number of rotatable bonds is 12. The molecular formula is C21H32N4OS. The van der Waals surface area contributed by atoms with Gasteiger partial charge in [0, 0.05) is 28.9 Å². The SMILES string of the molecule is Cc1cnc(NC(=O)c2ccc(NCCCCCCCCCN)cc2C)s1. The number of hydrogen-bond donors (Lipinski definition) is 3. The summed E-state index contributed by atoms with van der Waals surface area (Å²) in [5.74, 6) is -0.108. The number of unbranched alkanes of at least 4 members (excludes halogenated alkanes) is 6. The van der Waals surface area contributed by atoms with Gasteiger partial charge >= 0.3 is 0 Å². The fourth-order valence-corrected chi connectivity index (χ4v) is 3.65. The van der Waals surface area contributed by atoms with Crippen molar-refractivity contribution in [3.63, 3.8) is 0 Å². The van der Waals surface area contributed by atoms with Crippen LogP contribution in [0.2, 0.25) is 0 Å². The van der Waals surface area contributed by atoms with E-state index in [2.05, 4.69) is 15.6 Å². The van der Waals surface area contributed by atoms with E-state index in [9.17, 15) is 4.79 Å². The summed E-state index contributed by atoms with van der Waals surface area (Å²) in [6.45, 7) is 5.72. The van der Waals surface area contributed by atoms with Crippen LogP contribution in [0.5, 0.6) is 0 Å². The molecule has 1 aromatic carbocycles. The Balaban J connectivity index is 1.70. The lowest BCUT2D eigenvalue weighted by Crippen LogP contribution is -2.13. The smallest absolute Gasteiger partial charge is 0.257 e. The second kappa shape index (κ2) is 11.7. The van der Waals surface area contributed by atoms with Crippen molar-refractivity contribution in [3.8, 4) is 0 Å². The monoisotopic (exact) mass is 388 g/mol. The molecule has 1 heterocycles. The number of benzene rings is 1. The highest BCUT2D eigenvalue weighted by Crippen LogP contribution is 2.20. The van der Waals surface area contributed by atoms with Gasteiger partial charge in [0.2, 0.25) is 0 Å². The molecule has 5 nitrogen and oxygen atoms in total. The number of aromatic nitrogens is 1. The largest absolute Gasteiger partial charge is 0.385 e. The zero-order valence-electron chi connectivity index (χ0n) is 16.5. The normalized spacial score (nSPS) is 10.8. The Kier molecular flexibility index (Phi) is 9.28. The molecule has 0 bridgehead atoms. The van der Waals surface area contributed by atoms with Gasteiger partial charge in [-0.1, -0.05) is 32.1 Å². The summed E-state index contributed by atoms with van der Waals surface area (Å²) in [7, 11) is 0. The molecule has 0 saturated carbocycles. The average Bonchev–Trinajstić information content (AvgIpc) is 3.05. The second-order valence-corrected chi connectivity index (χ2v) is 8.18. The lowest BCUT2D eigenvalue weighted by molar-refractivity contribution is 0.102. The van der Waals surface area contributed by atoms with Crippen LogP contribution in [0.3, 0.4) is 0 Å². The molecule has 0 unspecified atom stereocenters. The fourth-order valence-electron chi connectivity index (χ4n) is 2.99. The quantitative estimate of drug-likeness (QED) is 0.441. The highest BCUT2D eigenvalue weighted by Gasteiger charge is 2.11. The molecule has 2 rings (SSSR count). The number of amides is 1. The van der Waals surface area contributed by atoms with Gasteiger partial charge in [-0.25, -0.2) is 4.98 Å². The zero-order valence-corrected chi connectivity index (χ0v) is 17.3. The Bertz CT molecular complexity index is 714. The summed E-state index contributed by atoms with van der Waals surface area (Å²) in [4.78, 5) is 17.7. The molecule has 1 amide bonds. The maximum absolute atomic E-state index is 12.4. The van der Waals surface area contributed by atoms with Crippen LogP contribution in [0.4, 0.5) is 10.8 Å². The predicted molar refractivity (Wildman–Crippen MR) is 116 cm³/mol. The predicted octanol–water partition coefficient (Wildman–Crippen LogP) is 5.11. The molecule has 0 aliphatic heterocycles. The van der Waals surface area contributed by atoms with Crippen LogP contribution in [0, 0.1) is 13.8 Å². The molecule has 4 N–H and O–H groups in total. The van der Waals surface area contributed by atoms with E-state index in [0.717, 1.165) is 35.6 Å². The number of carbonyl (C=O) groups excluding carboxylic acids is 1. The van der Waals surface area contributed by atoms with Gasteiger partial charge in [0.1, 0.15) is 0 Å². The van der Waals surface area contributed by atoms with Crippen molar-refractivity contribution < 1.29 is 4.79 Å². The van der Waals surface area contributed by atoms with Crippen molar-refractivity contribution in [1.82, 2.24) is 4.98 Å². The van der Waals surface area contributed by atoms with E-state index >= 15 is 0 Å². The number of nitrogens with zero attached hydrogens (tertiary/aromatic N) is 1. The fraction of sp³-hybridized carbons (Fsp3) is 0.524. The maximum atomic E-state index is 12.4. The first-order valence-electron chi connectivity index (χ1n) is 9.88. The Labute approximate surface area is 166 Å². The summed E-state index contributed by atoms with van der Waals surface area (Å²) in [6, 6.07) is 5.89. The van der Waals surface area contributed by atoms with Crippen LogP contribution >= 0.6 is 11.3 Å². The molecular weight excluding hydrogens is 356 g/mol. The molecule has 0 fully saturated rings. The van der Waals surface area contributed by atoms with E-state index < -0.39 is 0 Å². The van der Waals surface area contributed by atoms with Crippen molar-refractivity contribution in [2.75, 3.05) is 23.7 Å². The van der Waals surface area contributed by atoms with Crippen LogP contribution in [-0.4, -0.2) is 24.0 Å². The second-order valence-electron chi connectivity index (χ2n) is 6.95. The first-order chi connectivity index (χ1) is 13.1. The number of thiazole rings is 1. The van der Waals surface area contributed by atoms with Gasteiger partial charge < -0.3 is 11.1 Å². The number of nitrogens with one attached hydrogen (secondary N) is 2. The van der Waals surface area contributed by atoms with Gasteiger partial charge in [0.25, 0.3) is 5.91 Å². The van der Waals surface area contributed by atoms with E-state index in [1.54, 1.807) is 6.20 Å². The van der Waals surface area contributed by atoms with E-state index in [1.165, 1.54) is 49.9 Å². The van der Waals surface area contributed by atoms with Gasteiger partial charge in [-0.15, -0.1) is 11.3 Å². The number of hydrogen-bond acceptors (Lipinski definition) is 5. The summed E-state index contributed by atoms with van der Waals surface area (Å²) in [6.07, 6.45) is 10.5. The van der Waals surface area contributed by atoms with Crippen molar-refractivity contribution in [2.45, 2.75) is 58.8 Å². The number of aryl methyl sites for hydroxylation is 2. The molecule has 6 heteroatoms. The van der Waals surface area contributed by atoms with Gasteiger partial charge in [-0.2, -0.15) is 0 Å². The van der Waals surface area contributed by atoms with Crippen LogP contribution in [0.15, 0.2) is 24.4 Å². The molecule has 0 spiro atoms. The van der Waals surface area contributed by atoms with E-state index in [0.29, 0.717) is 10.7 Å². The summed E-state index contributed by atoms with van der Waals surface area (Å²) < 4.78 is 0. The van der Waals surface area contributed by atoms with Crippen molar-refractivity contribution in [3.05, 3.63) is 40.4 Å². The highest BCUT2D eigenvalue weighted by molar-refractivity contribution is 7.15. The third kappa shape index (κ3) is 7.69.